The molecule has 2 saturated heterocycles. The molecule has 4 atom stereocenters. The molecule has 1 aromatic heterocycles. The Hall–Kier alpha value is -2.60. The highest BCUT2D eigenvalue weighted by atomic mass is 32.2. The van der Waals surface area contributed by atoms with Gasteiger partial charge in [0.25, 0.3) is 0 Å². The minimum atomic E-state index is -3.77. The van der Waals surface area contributed by atoms with Crippen LogP contribution in [0.2, 0.25) is 0 Å². The molecule has 1 N–H and O–H groups in total. The quantitative estimate of drug-likeness (QED) is 0.169. The largest absolute Gasteiger partial charge is 0.343 e. The van der Waals surface area contributed by atoms with Crippen LogP contribution in [0.1, 0.15) is 64.7 Å². The van der Waals surface area contributed by atoms with Crippen LogP contribution in [0.5, 0.6) is 0 Å². The fourth-order valence-corrected chi connectivity index (χ4v) is 9.20. The van der Waals surface area contributed by atoms with E-state index in [1.54, 1.807) is 6.92 Å². The summed E-state index contributed by atoms with van der Waals surface area (Å²) in [6.07, 6.45) is 7.31. The van der Waals surface area contributed by atoms with Gasteiger partial charge in [0.15, 0.2) is 27.2 Å². The molecule has 1 aromatic carbocycles. The van der Waals surface area contributed by atoms with E-state index in [1.807, 2.05) is 29.2 Å². The molecule has 3 heterocycles. The monoisotopic (exact) mass is 601 g/mol. The summed E-state index contributed by atoms with van der Waals surface area (Å²) in [6, 6.07) is 7.53. The molecule has 2 aromatic rings. The first kappa shape index (κ1) is 32.3. The smallest absolute Gasteiger partial charge is 0.223 e. The number of carbonyl (C=O) groups excluding carboxylic acids is 1. The molecule has 0 spiro atoms. The number of piperazine rings is 1. The van der Waals surface area contributed by atoms with Crippen LogP contribution >= 0.6 is 0 Å². The molecule has 2 fully saturated rings. The number of rotatable bonds is 16. The number of hydrogen-bond donors (Lipinski definition) is 1. The Morgan fingerprint density at radius 1 is 1.12 bits per heavy atom. The number of aromatic nitrogens is 2. The number of nitrogens with one attached hydrogen (secondary N) is 1. The minimum absolute atomic E-state index is 0.142. The maximum Gasteiger partial charge on any atom is 0.223 e. The highest BCUT2D eigenvalue weighted by Gasteiger charge is 2.61. The molecule has 0 bridgehead atoms. The van der Waals surface area contributed by atoms with Gasteiger partial charge in [0.05, 0.1) is 12.3 Å². The van der Waals surface area contributed by atoms with Gasteiger partial charge in [-0.25, -0.2) is 8.42 Å². The van der Waals surface area contributed by atoms with Crippen LogP contribution in [-0.2, 0) is 19.4 Å². The third-order valence-electron chi connectivity index (χ3n) is 8.61. The highest BCUT2D eigenvalue weighted by molar-refractivity contribution is 7.93. The van der Waals surface area contributed by atoms with Crippen molar-refractivity contribution in [3.63, 3.8) is 0 Å². The number of benzene rings is 1. The first-order valence-corrected chi connectivity index (χ1v) is 17.0. The van der Waals surface area contributed by atoms with Crippen LogP contribution in [-0.4, -0.2) is 85.4 Å². The second-order valence-electron chi connectivity index (χ2n) is 11.4. The molecule has 0 saturated carbocycles. The number of nitrogens with zero attached hydrogens (tertiary/aromatic N) is 4. The Balaban J connectivity index is 1.76. The van der Waals surface area contributed by atoms with Gasteiger partial charge in [-0.3, -0.25) is 9.69 Å². The summed E-state index contributed by atoms with van der Waals surface area (Å²) in [7, 11) is -3.77. The standard InChI is InChI=1S/C31H47N5O5S/c1-5-8-9-10-12-26(11-6-2)31(42(38,39)21-7-3,35-19-17-32-18-20-35)28-22-36(29(23-37)40-28)27-15-13-25(14-16-27)30-33-24(4)41-34-30/h7,13-16,23,26,28-29,32H,3,5-6,8-12,17-22H2,1-2,4H3. The van der Waals surface area contributed by atoms with E-state index < -0.39 is 27.0 Å². The Labute approximate surface area is 250 Å². The molecular weight excluding hydrogens is 554 g/mol. The fraction of sp³-hybridized carbons (Fsp3) is 0.645. The molecule has 11 heteroatoms. The molecular formula is C31H47N5O5S. The van der Waals surface area contributed by atoms with Crippen LogP contribution < -0.4 is 10.2 Å². The molecule has 4 unspecified atom stereocenters. The summed E-state index contributed by atoms with van der Waals surface area (Å²) < 4.78 is 40.9. The van der Waals surface area contributed by atoms with E-state index in [9.17, 15) is 13.2 Å². The maximum absolute atomic E-state index is 14.6. The molecule has 10 nitrogen and oxygen atoms in total. The van der Waals surface area contributed by atoms with E-state index in [1.165, 1.54) is 6.08 Å². The van der Waals surface area contributed by atoms with E-state index >= 15 is 0 Å². The molecule has 0 aliphatic carbocycles. The highest BCUT2D eigenvalue weighted by Crippen LogP contribution is 2.45. The third kappa shape index (κ3) is 6.64. The van der Waals surface area contributed by atoms with Crippen LogP contribution in [0.25, 0.3) is 11.4 Å². The fourth-order valence-electron chi connectivity index (χ4n) is 6.77. The predicted molar refractivity (Wildman–Crippen MR) is 165 cm³/mol. The van der Waals surface area contributed by atoms with Gasteiger partial charge in [0, 0.05) is 44.4 Å². The average molecular weight is 602 g/mol. The van der Waals surface area contributed by atoms with E-state index in [2.05, 4.69) is 40.8 Å². The zero-order chi connectivity index (χ0) is 30.2. The second kappa shape index (κ2) is 14.7. The molecule has 0 radical (unpaired) electrons. The summed E-state index contributed by atoms with van der Waals surface area (Å²) in [5.74, 6) is 0.673. The average Bonchev–Trinajstić information content (AvgIpc) is 3.63. The number of aldehydes is 1. The van der Waals surface area contributed by atoms with Gasteiger partial charge in [-0.2, -0.15) is 4.98 Å². The second-order valence-corrected chi connectivity index (χ2v) is 13.6. The van der Waals surface area contributed by atoms with Crippen LogP contribution in [0.3, 0.4) is 0 Å². The Morgan fingerprint density at radius 3 is 2.45 bits per heavy atom. The SMILES string of the molecule is C=CCS(=O)(=O)C(C(CCC)CCCCCC)(C1CN(c2ccc(-c3noc(C)n3)cc2)C(C=O)O1)N1CCNCC1. The summed E-state index contributed by atoms with van der Waals surface area (Å²) in [6.45, 7) is 12.7. The first-order chi connectivity index (χ1) is 20.3. The molecule has 42 heavy (non-hydrogen) atoms. The van der Waals surface area contributed by atoms with Crippen molar-refractivity contribution in [1.82, 2.24) is 20.4 Å². The van der Waals surface area contributed by atoms with Gasteiger partial charge in [0.1, 0.15) is 6.10 Å². The first-order valence-electron chi connectivity index (χ1n) is 15.4. The maximum atomic E-state index is 14.6. The van der Waals surface area contributed by atoms with Gasteiger partial charge in [-0.05, 0) is 43.0 Å². The number of carbonyl (C=O) groups is 1. The van der Waals surface area contributed by atoms with E-state index in [0.29, 0.717) is 37.9 Å². The topological polar surface area (TPSA) is 118 Å². The number of sulfone groups is 1. The van der Waals surface area contributed by atoms with Crippen molar-refractivity contribution in [2.24, 2.45) is 5.92 Å². The predicted octanol–water partition coefficient (Wildman–Crippen LogP) is 4.36. The summed E-state index contributed by atoms with van der Waals surface area (Å²) in [4.78, 5) is 19.5. The number of anilines is 1. The molecule has 2 aliphatic heterocycles. The van der Waals surface area contributed by atoms with E-state index in [-0.39, 0.29) is 18.2 Å². The van der Waals surface area contributed by atoms with E-state index in [4.69, 9.17) is 9.26 Å². The summed E-state index contributed by atoms with van der Waals surface area (Å²) >= 11 is 0. The Morgan fingerprint density at radius 2 is 1.86 bits per heavy atom. The van der Waals surface area contributed by atoms with Crippen LogP contribution in [0, 0.1) is 12.8 Å². The zero-order valence-corrected chi connectivity index (χ0v) is 26.2. The number of ether oxygens (including phenoxy) is 1. The molecule has 4 rings (SSSR count). The lowest BCUT2D eigenvalue weighted by molar-refractivity contribution is -0.121. The van der Waals surface area contributed by atoms with Gasteiger partial charge in [0.2, 0.25) is 11.7 Å². The van der Waals surface area contributed by atoms with Crippen molar-refractivity contribution < 1.29 is 22.5 Å². The van der Waals surface area contributed by atoms with Crippen molar-refractivity contribution in [3.8, 4) is 11.4 Å². The minimum Gasteiger partial charge on any atom is -0.343 e. The van der Waals surface area contributed by atoms with Crippen LogP contribution in [0.4, 0.5) is 5.69 Å². The summed E-state index contributed by atoms with van der Waals surface area (Å²) in [5, 5.41) is 7.38. The van der Waals surface area contributed by atoms with Crippen molar-refractivity contribution in [3.05, 3.63) is 42.8 Å². The summed E-state index contributed by atoms with van der Waals surface area (Å²) in [5.41, 5.74) is 1.55. The van der Waals surface area contributed by atoms with E-state index in [0.717, 1.165) is 62.5 Å². The van der Waals surface area contributed by atoms with Gasteiger partial charge < -0.3 is 19.5 Å². The molecule has 2 aliphatic rings. The Kier molecular flexibility index (Phi) is 11.3. The number of aryl methyl sites for hydroxylation is 1. The normalized spacial score (nSPS) is 22.1. The number of unbranched alkanes of at least 4 members (excludes halogenated alkanes) is 3. The number of hydrogen-bond acceptors (Lipinski definition) is 10. The van der Waals surface area contributed by atoms with Crippen LogP contribution in [0.15, 0.2) is 41.4 Å². The lowest BCUT2D eigenvalue weighted by Crippen LogP contribution is -2.70. The third-order valence-corrected chi connectivity index (χ3v) is 11.1. The molecule has 232 valence electrons. The van der Waals surface area contributed by atoms with Gasteiger partial charge >= 0.3 is 0 Å². The van der Waals surface area contributed by atoms with Crippen molar-refractivity contribution in [1.29, 1.82) is 0 Å². The van der Waals surface area contributed by atoms with Crippen molar-refractivity contribution in [2.75, 3.05) is 43.4 Å². The van der Waals surface area contributed by atoms with Gasteiger partial charge in [-0.15, -0.1) is 6.58 Å². The van der Waals surface area contributed by atoms with Crippen molar-refractivity contribution >= 4 is 21.8 Å². The zero-order valence-electron chi connectivity index (χ0n) is 25.3. The van der Waals surface area contributed by atoms with Gasteiger partial charge in [-0.1, -0.05) is 57.2 Å². The Bertz CT molecular complexity index is 1260. The van der Waals surface area contributed by atoms with Crippen molar-refractivity contribution in [2.45, 2.75) is 82.9 Å². The molecule has 0 amide bonds. The lowest BCUT2D eigenvalue weighted by Gasteiger charge is -2.52. The lowest BCUT2D eigenvalue weighted by atomic mass is 9.83.